The summed E-state index contributed by atoms with van der Waals surface area (Å²) in [6.45, 7) is 4.53. The highest BCUT2D eigenvalue weighted by atomic mass is 15.1. The van der Waals surface area contributed by atoms with E-state index in [-0.39, 0.29) is 0 Å². The van der Waals surface area contributed by atoms with Crippen LogP contribution in [0, 0.1) is 13.8 Å². The van der Waals surface area contributed by atoms with Gasteiger partial charge in [-0.1, -0.05) is 194 Å². The number of para-hydroxylation sites is 2. The summed E-state index contributed by atoms with van der Waals surface area (Å²) in [5.74, 6) is 0. The van der Waals surface area contributed by atoms with Gasteiger partial charge in [0.25, 0.3) is 0 Å². The molecule has 12 aromatic carbocycles. The molecule has 0 unspecified atom stereocenters. The van der Waals surface area contributed by atoms with E-state index in [4.69, 9.17) is 0 Å². The molecule has 2 heterocycles. The molecule has 0 saturated heterocycles. The van der Waals surface area contributed by atoms with Crippen molar-refractivity contribution in [3.8, 4) is 67.0 Å². The lowest BCUT2D eigenvalue weighted by atomic mass is 9.96. The zero-order valence-electron chi connectivity index (χ0n) is 45.8. The Morgan fingerprint density at radius 2 is 0.463 bits per heavy atom. The fourth-order valence-electron chi connectivity index (χ4n) is 12.2. The molecule has 0 fully saturated rings. The van der Waals surface area contributed by atoms with E-state index in [0.717, 1.165) is 56.5 Å². The molecule has 14 rings (SSSR count). The zero-order valence-corrected chi connectivity index (χ0v) is 45.8. The second-order valence-corrected chi connectivity index (χ2v) is 21.0. The third-order valence-electron chi connectivity index (χ3n) is 16.1. The number of benzene rings is 12. The molecule has 0 bridgehead atoms. The first-order valence-corrected chi connectivity index (χ1v) is 28.2. The maximum Gasteiger partial charge on any atom is 0.0538 e. The Balaban J connectivity index is 0.838. The quantitative estimate of drug-likeness (QED) is 0.114. The number of aromatic nitrogens is 2. The van der Waals surface area contributed by atoms with Gasteiger partial charge in [0.2, 0.25) is 0 Å². The van der Waals surface area contributed by atoms with Crippen LogP contribution in [0.4, 0.5) is 34.1 Å². The van der Waals surface area contributed by atoms with Crippen molar-refractivity contribution in [2.24, 2.45) is 0 Å². The van der Waals surface area contributed by atoms with Gasteiger partial charge in [-0.2, -0.15) is 0 Å². The molecule has 0 saturated carbocycles. The monoisotopic (exact) mass is 1050 g/mol. The fourth-order valence-corrected chi connectivity index (χ4v) is 12.2. The first kappa shape index (κ1) is 49.6. The van der Waals surface area contributed by atoms with E-state index in [9.17, 15) is 0 Å². The van der Waals surface area contributed by atoms with Crippen LogP contribution >= 0.6 is 0 Å². The summed E-state index contributed by atoms with van der Waals surface area (Å²) >= 11 is 0. The Hall–Kier alpha value is -10.7. The summed E-state index contributed by atoms with van der Waals surface area (Å²) < 4.78 is 4.86. The predicted molar refractivity (Wildman–Crippen MR) is 346 cm³/mol. The average molecular weight is 1050 g/mol. The maximum atomic E-state index is 2.43. The lowest BCUT2D eigenvalue weighted by Crippen LogP contribution is -2.10. The number of fused-ring (bicyclic) bond motifs is 2. The topological polar surface area (TPSA) is 16.3 Å². The van der Waals surface area contributed by atoms with Crippen molar-refractivity contribution in [1.29, 1.82) is 0 Å². The van der Waals surface area contributed by atoms with Crippen molar-refractivity contribution in [1.82, 2.24) is 9.13 Å². The van der Waals surface area contributed by atoms with Crippen LogP contribution in [0.3, 0.4) is 0 Å². The summed E-state index contributed by atoms with van der Waals surface area (Å²) in [5.41, 5.74) is 25.5. The molecule has 0 N–H and O–H groups in total. The van der Waals surface area contributed by atoms with Crippen molar-refractivity contribution in [2.75, 3.05) is 9.80 Å². The predicted octanol–water partition coefficient (Wildman–Crippen LogP) is 21.5. The highest BCUT2D eigenvalue weighted by molar-refractivity contribution is 6.04. The van der Waals surface area contributed by atoms with Crippen LogP contribution in [0.5, 0.6) is 0 Å². The van der Waals surface area contributed by atoms with Crippen molar-refractivity contribution in [3.63, 3.8) is 0 Å². The fraction of sp³-hybridized carbons (Fsp3) is 0.0256. The normalized spacial score (nSPS) is 11.3. The Bertz CT molecular complexity index is 4200. The molecule has 0 aliphatic rings. The molecule has 2 aromatic heterocycles. The minimum atomic E-state index is 1.09. The molecule has 390 valence electrons. The molecule has 14 aromatic rings. The summed E-state index contributed by atoms with van der Waals surface area (Å²) in [4.78, 5) is 4.67. The van der Waals surface area contributed by atoms with Crippen LogP contribution in [-0.4, -0.2) is 9.13 Å². The molecule has 0 atom stereocenters. The minimum Gasteiger partial charge on any atom is -0.313 e. The largest absolute Gasteiger partial charge is 0.313 e. The number of hydrogen-bond donors (Lipinski definition) is 0. The zero-order chi connectivity index (χ0) is 54.9. The first-order chi connectivity index (χ1) is 40.5. The lowest BCUT2D eigenvalue weighted by molar-refractivity contribution is 1.05. The molecule has 0 aliphatic heterocycles. The van der Waals surface area contributed by atoms with Crippen LogP contribution in [0.1, 0.15) is 11.4 Å². The summed E-state index contributed by atoms with van der Waals surface area (Å²) in [5, 5.41) is 2.42. The summed E-state index contributed by atoms with van der Waals surface area (Å²) in [6.07, 6.45) is 0. The van der Waals surface area contributed by atoms with Crippen LogP contribution in [0.15, 0.2) is 315 Å². The molecule has 0 amide bonds. The summed E-state index contributed by atoms with van der Waals surface area (Å²) in [7, 11) is 0. The van der Waals surface area contributed by atoms with Gasteiger partial charge in [-0.25, -0.2) is 0 Å². The molecule has 4 heteroatoms. The van der Waals surface area contributed by atoms with E-state index in [0.29, 0.717) is 0 Å². The molecule has 82 heavy (non-hydrogen) atoms. The molecular weight excluding hydrogens is 993 g/mol. The van der Waals surface area contributed by atoms with Crippen LogP contribution < -0.4 is 9.80 Å². The van der Waals surface area contributed by atoms with Crippen LogP contribution in [-0.2, 0) is 0 Å². The van der Waals surface area contributed by atoms with Crippen LogP contribution in [0.25, 0.3) is 88.8 Å². The lowest BCUT2D eigenvalue weighted by Gasteiger charge is -2.26. The van der Waals surface area contributed by atoms with Gasteiger partial charge in [-0.15, -0.1) is 0 Å². The first-order valence-electron chi connectivity index (χ1n) is 28.2. The average Bonchev–Trinajstić information content (AvgIpc) is 3.63. The Kier molecular flexibility index (Phi) is 13.0. The Morgan fingerprint density at radius 3 is 0.780 bits per heavy atom. The van der Waals surface area contributed by atoms with Gasteiger partial charge < -0.3 is 18.9 Å². The Morgan fingerprint density at radius 1 is 0.220 bits per heavy atom. The third-order valence-corrected chi connectivity index (χ3v) is 16.1. The van der Waals surface area contributed by atoms with Gasteiger partial charge in [0, 0.05) is 78.8 Å². The van der Waals surface area contributed by atoms with E-state index in [2.05, 4.69) is 348 Å². The van der Waals surface area contributed by atoms with E-state index in [1.54, 1.807) is 0 Å². The molecule has 4 nitrogen and oxygen atoms in total. The second kappa shape index (κ2) is 21.5. The highest BCUT2D eigenvalue weighted by Crippen LogP contribution is 2.44. The van der Waals surface area contributed by atoms with Gasteiger partial charge in [-0.3, -0.25) is 0 Å². The second-order valence-electron chi connectivity index (χ2n) is 21.0. The van der Waals surface area contributed by atoms with Crippen molar-refractivity contribution >= 4 is 55.9 Å². The van der Waals surface area contributed by atoms with Crippen molar-refractivity contribution < 1.29 is 0 Å². The van der Waals surface area contributed by atoms with Gasteiger partial charge >= 0.3 is 0 Å². The maximum absolute atomic E-state index is 2.43. The smallest absolute Gasteiger partial charge is 0.0538 e. The van der Waals surface area contributed by atoms with E-state index in [1.807, 2.05) is 0 Å². The van der Waals surface area contributed by atoms with Gasteiger partial charge in [0.15, 0.2) is 0 Å². The molecular formula is C78H58N4. The molecule has 0 spiro atoms. The Labute approximate surface area is 480 Å². The van der Waals surface area contributed by atoms with Gasteiger partial charge in [0.05, 0.1) is 11.0 Å². The van der Waals surface area contributed by atoms with E-state index >= 15 is 0 Å². The van der Waals surface area contributed by atoms with E-state index < -0.39 is 0 Å². The number of anilines is 6. The highest BCUT2D eigenvalue weighted by Gasteiger charge is 2.22. The SMILES string of the molecule is Cc1c(-c2ccccc2)c2cc(-c3ccc4c(c3)c(-c3ccccc3)c(C)n4-c3ccc(N(c4ccccc4)c4ccc(-c5ccccc5)cc4)cc3)ccc2n1-c1ccc(N(c2ccccc2)c2ccc(-c3ccccc3)cc2)cc1. The van der Waals surface area contributed by atoms with E-state index in [1.165, 1.54) is 77.8 Å². The van der Waals surface area contributed by atoms with Gasteiger partial charge in [-0.05, 0) is 180 Å². The standard InChI is InChI=1S/C78H58N4/c1-55-77(61-25-13-5-14-26-61)73-53-63(37-51-75(73)79(55)67-43-47-71(48-44-67)81(65-29-17-7-18-30-65)69-39-33-59(34-40-69)57-21-9-3-10-22-57)64-38-52-76-74(54-64)78(62-27-15-6-16-28-62)56(2)80(76)68-45-49-72(50-46-68)82(66-31-19-8-20-32-66)70-41-35-60(36-42-70)58-23-11-4-12-24-58/h3-54H,1-2H3. The van der Waals surface area contributed by atoms with Crippen LogP contribution in [0.2, 0.25) is 0 Å². The molecule has 0 aliphatic carbocycles. The summed E-state index contributed by atoms with van der Waals surface area (Å²) in [6, 6.07) is 114. The van der Waals surface area contributed by atoms with Crippen molar-refractivity contribution in [2.45, 2.75) is 13.8 Å². The molecule has 0 radical (unpaired) electrons. The third kappa shape index (κ3) is 9.22. The number of hydrogen-bond acceptors (Lipinski definition) is 2. The van der Waals surface area contributed by atoms with Crippen molar-refractivity contribution in [3.05, 3.63) is 327 Å². The van der Waals surface area contributed by atoms with Gasteiger partial charge in [0.1, 0.15) is 0 Å². The number of rotatable bonds is 13. The number of nitrogens with zero attached hydrogens (tertiary/aromatic N) is 4. The minimum absolute atomic E-state index is 1.09.